The first-order chi connectivity index (χ1) is 7.45. The predicted octanol–water partition coefficient (Wildman–Crippen LogP) is 1.25. The Balaban J connectivity index is 2.72. The van der Waals surface area contributed by atoms with Gasteiger partial charge in [-0.15, -0.1) is 0 Å². The molecular weight excluding hydrogens is 212 g/mol. The van der Waals surface area contributed by atoms with E-state index in [-0.39, 0.29) is 12.0 Å². The second kappa shape index (κ2) is 5.30. The molecule has 0 spiro atoms. The summed E-state index contributed by atoms with van der Waals surface area (Å²) in [7, 11) is 0. The molecule has 0 radical (unpaired) electrons. The van der Waals surface area contributed by atoms with E-state index < -0.39 is 24.3 Å². The highest BCUT2D eigenvalue weighted by Gasteiger charge is 2.45. The second-order valence-electron chi connectivity index (χ2n) is 3.99. The van der Waals surface area contributed by atoms with Crippen LogP contribution in [0.4, 0.5) is 0 Å². The molecule has 0 aliphatic carbocycles. The molecule has 0 N–H and O–H groups in total. The van der Waals surface area contributed by atoms with Crippen LogP contribution >= 0.6 is 0 Å². The normalized spacial score (nSPS) is 33.5. The second-order valence-corrected chi connectivity index (χ2v) is 3.99. The zero-order valence-corrected chi connectivity index (χ0v) is 10.1. The summed E-state index contributed by atoms with van der Waals surface area (Å²) >= 11 is 0. The van der Waals surface area contributed by atoms with E-state index in [0.29, 0.717) is 0 Å². The van der Waals surface area contributed by atoms with Crippen molar-refractivity contribution < 1.29 is 23.8 Å². The summed E-state index contributed by atoms with van der Waals surface area (Å²) in [6.07, 6.45) is -0.544. The molecule has 92 valence electrons. The molecule has 1 fully saturated rings. The summed E-state index contributed by atoms with van der Waals surface area (Å²) < 4.78 is 15.6. The van der Waals surface area contributed by atoms with Gasteiger partial charge in [-0.1, -0.05) is 13.8 Å². The lowest BCUT2D eigenvalue weighted by molar-refractivity contribution is -0.194. The lowest BCUT2D eigenvalue weighted by Crippen LogP contribution is -2.33. The van der Waals surface area contributed by atoms with Crippen molar-refractivity contribution in [2.75, 3.05) is 0 Å². The van der Waals surface area contributed by atoms with Crippen LogP contribution in [0.15, 0.2) is 0 Å². The molecule has 16 heavy (non-hydrogen) atoms. The Morgan fingerprint density at radius 2 is 1.75 bits per heavy atom. The first kappa shape index (κ1) is 13.0. The van der Waals surface area contributed by atoms with Gasteiger partial charge in [0.05, 0.1) is 6.10 Å². The average Bonchev–Trinajstić information content (AvgIpc) is 2.44. The van der Waals surface area contributed by atoms with Crippen LogP contribution in [0.1, 0.15) is 34.1 Å². The molecule has 5 nitrogen and oxygen atoms in total. The van der Waals surface area contributed by atoms with Gasteiger partial charge in [0.1, 0.15) is 0 Å². The Morgan fingerprint density at radius 1 is 1.19 bits per heavy atom. The van der Waals surface area contributed by atoms with Crippen molar-refractivity contribution in [3.63, 3.8) is 0 Å². The molecule has 0 bridgehead atoms. The molecule has 1 heterocycles. The lowest BCUT2D eigenvalue weighted by atomic mass is 9.99. The van der Waals surface area contributed by atoms with E-state index in [1.54, 1.807) is 0 Å². The van der Waals surface area contributed by atoms with Gasteiger partial charge in [0.2, 0.25) is 6.29 Å². The molecular formula is C11H18O5. The molecule has 1 rings (SSSR count). The molecule has 5 heteroatoms. The van der Waals surface area contributed by atoms with Crippen molar-refractivity contribution >= 4 is 11.9 Å². The van der Waals surface area contributed by atoms with Gasteiger partial charge in [0.15, 0.2) is 6.10 Å². The van der Waals surface area contributed by atoms with E-state index in [1.165, 1.54) is 13.8 Å². The Hall–Kier alpha value is -1.10. The molecule has 0 saturated carbocycles. The van der Waals surface area contributed by atoms with Crippen LogP contribution in [0.2, 0.25) is 0 Å². The fourth-order valence-corrected chi connectivity index (χ4v) is 1.91. The molecule has 1 aliphatic rings. The third-order valence-corrected chi connectivity index (χ3v) is 2.67. The standard InChI is InChI=1S/C11H18O5/c1-5-9-6(2)10(14-7(3)12)11(16-9)15-8(4)13/h6,9-11H,5H2,1-4H3/t6-,9-,10-,11+/m1/s1. The highest BCUT2D eigenvalue weighted by atomic mass is 16.7. The maximum absolute atomic E-state index is 11.0. The summed E-state index contributed by atoms with van der Waals surface area (Å²) in [5.74, 6) is -0.807. The molecule has 1 saturated heterocycles. The van der Waals surface area contributed by atoms with Gasteiger partial charge in [0.25, 0.3) is 0 Å². The van der Waals surface area contributed by atoms with Crippen LogP contribution in [0, 0.1) is 5.92 Å². The summed E-state index contributed by atoms with van der Waals surface area (Å²) in [6, 6.07) is 0. The van der Waals surface area contributed by atoms with Crippen LogP contribution in [-0.4, -0.2) is 30.4 Å². The van der Waals surface area contributed by atoms with Crippen molar-refractivity contribution in [1.29, 1.82) is 0 Å². The van der Waals surface area contributed by atoms with Crippen LogP contribution in [0.25, 0.3) is 0 Å². The molecule has 0 aromatic carbocycles. The zero-order valence-electron chi connectivity index (χ0n) is 10.1. The third-order valence-electron chi connectivity index (χ3n) is 2.67. The van der Waals surface area contributed by atoms with E-state index >= 15 is 0 Å². The fraction of sp³-hybridized carbons (Fsp3) is 0.818. The summed E-state index contributed by atoms with van der Waals surface area (Å²) in [4.78, 5) is 21.8. The van der Waals surface area contributed by atoms with Gasteiger partial charge in [-0.05, 0) is 6.42 Å². The summed E-state index contributed by atoms with van der Waals surface area (Å²) in [5.41, 5.74) is 0. The van der Waals surface area contributed by atoms with E-state index in [0.717, 1.165) is 6.42 Å². The minimum atomic E-state index is -0.777. The fourth-order valence-electron chi connectivity index (χ4n) is 1.91. The van der Waals surface area contributed by atoms with E-state index in [4.69, 9.17) is 14.2 Å². The van der Waals surface area contributed by atoms with Gasteiger partial charge < -0.3 is 14.2 Å². The molecule has 0 amide bonds. The minimum Gasteiger partial charge on any atom is -0.455 e. The van der Waals surface area contributed by atoms with Crippen LogP contribution in [0.5, 0.6) is 0 Å². The van der Waals surface area contributed by atoms with E-state index in [9.17, 15) is 9.59 Å². The van der Waals surface area contributed by atoms with Crippen molar-refractivity contribution in [2.24, 2.45) is 5.92 Å². The van der Waals surface area contributed by atoms with Crippen LogP contribution in [-0.2, 0) is 23.8 Å². The van der Waals surface area contributed by atoms with Gasteiger partial charge in [0, 0.05) is 19.8 Å². The number of hydrogen-bond donors (Lipinski definition) is 0. The monoisotopic (exact) mass is 230 g/mol. The smallest absolute Gasteiger partial charge is 0.305 e. The number of ether oxygens (including phenoxy) is 3. The number of esters is 2. The molecule has 4 atom stereocenters. The van der Waals surface area contributed by atoms with Crippen molar-refractivity contribution in [3.05, 3.63) is 0 Å². The van der Waals surface area contributed by atoms with Gasteiger partial charge in [-0.25, -0.2) is 0 Å². The highest BCUT2D eigenvalue weighted by molar-refractivity contribution is 5.67. The van der Waals surface area contributed by atoms with Crippen molar-refractivity contribution in [1.82, 2.24) is 0 Å². The van der Waals surface area contributed by atoms with E-state index in [2.05, 4.69) is 0 Å². The van der Waals surface area contributed by atoms with E-state index in [1.807, 2.05) is 13.8 Å². The Morgan fingerprint density at radius 3 is 2.19 bits per heavy atom. The Bertz CT molecular complexity index is 276. The van der Waals surface area contributed by atoms with Gasteiger partial charge >= 0.3 is 11.9 Å². The van der Waals surface area contributed by atoms with Gasteiger partial charge in [-0.2, -0.15) is 0 Å². The molecule has 1 aliphatic heterocycles. The first-order valence-corrected chi connectivity index (χ1v) is 5.45. The summed E-state index contributed by atoms with van der Waals surface area (Å²) in [5, 5.41) is 0. The predicted molar refractivity (Wildman–Crippen MR) is 55.4 cm³/mol. The SMILES string of the molecule is CC[C@H]1O[C@H](OC(C)=O)[C@H](OC(C)=O)[C@@H]1C. The Kier molecular flexibility index (Phi) is 4.29. The highest BCUT2D eigenvalue weighted by Crippen LogP contribution is 2.31. The van der Waals surface area contributed by atoms with Crippen molar-refractivity contribution in [3.8, 4) is 0 Å². The third kappa shape index (κ3) is 2.95. The van der Waals surface area contributed by atoms with Gasteiger partial charge in [-0.3, -0.25) is 9.59 Å². The minimum absolute atomic E-state index is 0.0262. The topological polar surface area (TPSA) is 61.8 Å². The number of hydrogen-bond acceptors (Lipinski definition) is 5. The first-order valence-electron chi connectivity index (χ1n) is 5.45. The lowest BCUT2D eigenvalue weighted by Gasteiger charge is -2.19. The maximum Gasteiger partial charge on any atom is 0.305 e. The van der Waals surface area contributed by atoms with Crippen LogP contribution < -0.4 is 0 Å². The Labute approximate surface area is 95.0 Å². The molecule has 0 aromatic rings. The average molecular weight is 230 g/mol. The summed E-state index contributed by atoms with van der Waals surface area (Å²) in [6.45, 7) is 6.53. The number of carbonyl (C=O) groups is 2. The quantitative estimate of drug-likeness (QED) is 0.683. The molecule has 0 unspecified atom stereocenters. The number of carbonyl (C=O) groups excluding carboxylic acids is 2. The maximum atomic E-state index is 11.0. The van der Waals surface area contributed by atoms with Crippen LogP contribution in [0.3, 0.4) is 0 Å². The van der Waals surface area contributed by atoms with Crippen molar-refractivity contribution in [2.45, 2.75) is 52.6 Å². The number of rotatable bonds is 3. The molecule has 0 aromatic heterocycles. The zero-order chi connectivity index (χ0) is 12.3. The largest absolute Gasteiger partial charge is 0.455 e.